The third kappa shape index (κ3) is 3.26. The molecule has 6 nitrogen and oxygen atoms in total. The standard InChI is InChI=1S/C21H21N5OS2/c1-11-7-6-8-12(2)17(11)25-13(3)9-15(14(25)4)10-16-18(22)26-20(23-19(16)27)29-21(24-26)28-5/h6-10,22H,1-5H3/b16-10-,22-18?. The predicted octanol–water partition coefficient (Wildman–Crippen LogP) is 4.65. The van der Waals surface area contributed by atoms with E-state index in [1.165, 1.54) is 39.7 Å². The summed E-state index contributed by atoms with van der Waals surface area (Å²) in [6.07, 6.45) is 3.67. The molecule has 0 aliphatic carbocycles. The molecule has 1 N–H and O–H groups in total. The number of aliphatic imine (C=N–C) groups is 1. The molecule has 2 aliphatic rings. The fraction of sp³-hybridized carbons (Fsp3) is 0.238. The second-order valence-electron chi connectivity index (χ2n) is 6.99. The Balaban J connectivity index is 1.80. The SMILES string of the molecule is CSC1=NN2C(=N)/C(=C/c3cc(C)n(-c4c(C)cccc4C)c3C)C(=O)N=C2S1. The first kappa shape index (κ1) is 19.7. The molecule has 1 amide bonds. The molecule has 0 bridgehead atoms. The van der Waals surface area contributed by atoms with Crippen molar-refractivity contribution in [1.29, 1.82) is 5.41 Å². The maximum absolute atomic E-state index is 12.6. The summed E-state index contributed by atoms with van der Waals surface area (Å²) in [4.78, 5) is 16.8. The Hall–Kier alpha value is -2.58. The van der Waals surface area contributed by atoms with Gasteiger partial charge in [0, 0.05) is 11.4 Å². The molecule has 8 heteroatoms. The molecule has 0 spiro atoms. The molecule has 0 atom stereocenters. The van der Waals surface area contributed by atoms with Gasteiger partial charge < -0.3 is 4.57 Å². The first-order valence-corrected chi connectivity index (χ1v) is 11.2. The quantitative estimate of drug-likeness (QED) is 0.714. The maximum atomic E-state index is 12.6. The molecule has 1 aromatic carbocycles. The van der Waals surface area contributed by atoms with E-state index in [9.17, 15) is 4.79 Å². The summed E-state index contributed by atoms with van der Waals surface area (Å²) in [5.74, 6) is -0.336. The maximum Gasteiger partial charge on any atom is 0.283 e. The van der Waals surface area contributed by atoms with Crippen molar-refractivity contribution < 1.29 is 4.79 Å². The second-order valence-corrected chi connectivity index (χ2v) is 9.00. The topological polar surface area (TPSA) is 73.8 Å². The number of aromatic nitrogens is 1. The average Bonchev–Trinajstić information content (AvgIpc) is 3.20. The van der Waals surface area contributed by atoms with E-state index in [0.717, 1.165) is 27.0 Å². The van der Waals surface area contributed by atoms with Crippen molar-refractivity contribution in [2.75, 3.05) is 6.26 Å². The van der Waals surface area contributed by atoms with E-state index in [1.54, 1.807) is 6.08 Å². The van der Waals surface area contributed by atoms with Gasteiger partial charge in [0.05, 0.1) is 11.3 Å². The summed E-state index contributed by atoms with van der Waals surface area (Å²) < 4.78 is 2.98. The summed E-state index contributed by atoms with van der Waals surface area (Å²) in [7, 11) is 0. The van der Waals surface area contributed by atoms with Gasteiger partial charge in [-0.05, 0) is 74.5 Å². The van der Waals surface area contributed by atoms with Gasteiger partial charge in [-0.15, -0.1) is 16.9 Å². The van der Waals surface area contributed by atoms with Crippen molar-refractivity contribution >= 4 is 50.9 Å². The molecule has 4 rings (SSSR count). The number of carbonyl (C=O) groups is 1. The summed E-state index contributed by atoms with van der Waals surface area (Å²) in [5, 5.41) is 14.8. The van der Waals surface area contributed by atoms with Gasteiger partial charge in [-0.1, -0.05) is 18.2 Å². The van der Waals surface area contributed by atoms with E-state index >= 15 is 0 Å². The normalized spacial score (nSPS) is 17.7. The van der Waals surface area contributed by atoms with Crippen molar-refractivity contribution in [3.8, 4) is 5.69 Å². The average molecular weight is 424 g/mol. The highest BCUT2D eigenvalue weighted by Gasteiger charge is 2.35. The number of thioether (sulfide) groups is 2. The molecule has 0 fully saturated rings. The summed E-state index contributed by atoms with van der Waals surface area (Å²) in [6, 6.07) is 8.30. The van der Waals surface area contributed by atoms with Gasteiger partial charge in [0.2, 0.25) is 5.17 Å². The largest absolute Gasteiger partial charge is 0.317 e. The van der Waals surface area contributed by atoms with Gasteiger partial charge in [-0.2, -0.15) is 10.0 Å². The van der Waals surface area contributed by atoms with Crippen molar-refractivity contribution in [3.05, 3.63) is 57.9 Å². The zero-order valence-electron chi connectivity index (χ0n) is 16.9. The third-order valence-corrected chi connectivity index (χ3v) is 6.93. The lowest BCUT2D eigenvalue weighted by Gasteiger charge is -2.20. The molecular formula is C21H21N5OS2. The van der Waals surface area contributed by atoms with Gasteiger partial charge in [0.25, 0.3) is 5.91 Å². The third-order valence-electron chi connectivity index (χ3n) is 5.04. The Bertz CT molecular complexity index is 1140. The van der Waals surface area contributed by atoms with Crippen LogP contribution in [0, 0.1) is 33.1 Å². The van der Waals surface area contributed by atoms with Crippen LogP contribution in [0.4, 0.5) is 0 Å². The number of nitrogens with one attached hydrogen (secondary N) is 1. The van der Waals surface area contributed by atoms with E-state index in [2.05, 4.69) is 53.6 Å². The fourth-order valence-corrected chi connectivity index (χ4v) is 4.99. The number of hydrazone groups is 1. The van der Waals surface area contributed by atoms with Gasteiger partial charge >= 0.3 is 0 Å². The second kappa shape index (κ2) is 7.35. The van der Waals surface area contributed by atoms with E-state index in [0.29, 0.717) is 5.17 Å². The summed E-state index contributed by atoms with van der Waals surface area (Å²) in [6.45, 7) is 8.29. The molecule has 2 aromatic rings. The minimum absolute atomic E-state index is 0.0634. The van der Waals surface area contributed by atoms with Crippen LogP contribution in [0.5, 0.6) is 0 Å². The minimum atomic E-state index is -0.400. The molecule has 0 unspecified atom stereocenters. The highest BCUT2D eigenvalue weighted by atomic mass is 32.2. The molecular weight excluding hydrogens is 402 g/mol. The Labute approximate surface area is 178 Å². The number of benzene rings is 1. The number of fused-ring (bicyclic) bond motifs is 1. The Kier molecular flexibility index (Phi) is 5.00. The Morgan fingerprint density at radius 3 is 2.52 bits per heavy atom. The van der Waals surface area contributed by atoms with Crippen LogP contribution in [0.25, 0.3) is 11.8 Å². The summed E-state index contributed by atoms with van der Waals surface area (Å²) >= 11 is 2.79. The number of amidine groups is 2. The Morgan fingerprint density at radius 1 is 1.17 bits per heavy atom. The smallest absolute Gasteiger partial charge is 0.283 e. The van der Waals surface area contributed by atoms with Crippen molar-refractivity contribution in [1.82, 2.24) is 9.58 Å². The number of amides is 1. The van der Waals surface area contributed by atoms with Crippen molar-refractivity contribution in [2.24, 2.45) is 10.1 Å². The highest BCUT2D eigenvalue weighted by molar-refractivity contribution is 8.45. The number of hydrogen-bond donors (Lipinski definition) is 1. The lowest BCUT2D eigenvalue weighted by Crippen LogP contribution is -2.35. The molecule has 148 valence electrons. The fourth-order valence-electron chi connectivity index (χ4n) is 3.65. The van der Waals surface area contributed by atoms with Gasteiger partial charge in [-0.25, -0.2) is 0 Å². The lowest BCUT2D eigenvalue weighted by molar-refractivity contribution is -0.114. The summed E-state index contributed by atoms with van der Waals surface area (Å²) in [5.41, 5.74) is 6.78. The van der Waals surface area contributed by atoms with Gasteiger partial charge in [0.15, 0.2) is 10.2 Å². The van der Waals surface area contributed by atoms with Crippen molar-refractivity contribution in [3.63, 3.8) is 0 Å². The molecule has 1 aromatic heterocycles. The monoisotopic (exact) mass is 423 g/mol. The van der Waals surface area contributed by atoms with Crippen molar-refractivity contribution in [2.45, 2.75) is 27.7 Å². The molecule has 2 aliphatic heterocycles. The van der Waals surface area contributed by atoms with Crippen LogP contribution in [0.1, 0.15) is 28.1 Å². The highest BCUT2D eigenvalue weighted by Crippen LogP contribution is 2.32. The molecule has 0 saturated carbocycles. The van der Waals surface area contributed by atoms with Crippen LogP contribution >= 0.6 is 23.5 Å². The predicted molar refractivity (Wildman–Crippen MR) is 123 cm³/mol. The number of aryl methyl sites for hydroxylation is 3. The van der Waals surface area contributed by atoms with Gasteiger partial charge in [-0.3, -0.25) is 10.2 Å². The molecule has 29 heavy (non-hydrogen) atoms. The van der Waals surface area contributed by atoms with Gasteiger partial charge in [0.1, 0.15) is 0 Å². The van der Waals surface area contributed by atoms with Crippen LogP contribution in [0.3, 0.4) is 0 Å². The molecule has 3 heterocycles. The van der Waals surface area contributed by atoms with E-state index in [4.69, 9.17) is 5.41 Å². The number of rotatable bonds is 2. The number of para-hydroxylation sites is 1. The first-order valence-electron chi connectivity index (χ1n) is 9.11. The number of hydrogen-bond acceptors (Lipinski definition) is 5. The minimum Gasteiger partial charge on any atom is -0.317 e. The first-order chi connectivity index (χ1) is 13.8. The van der Waals surface area contributed by atoms with Crippen LogP contribution in [-0.4, -0.2) is 37.1 Å². The Morgan fingerprint density at radius 2 is 1.86 bits per heavy atom. The number of carbonyl (C=O) groups excluding carboxylic acids is 1. The van der Waals surface area contributed by atoms with E-state index in [-0.39, 0.29) is 11.4 Å². The van der Waals surface area contributed by atoms with Crippen LogP contribution < -0.4 is 0 Å². The van der Waals surface area contributed by atoms with E-state index < -0.39 is 5.91 Å². The molecule has 0 radical (unpaired) electrons. The lowest BCUT2D eigenvalue weighted by atomic mass is 10.1. The number of nitrogens with zero attached hydrogens (tertiary/aromatic N) is 4. The van der Waals surface area contributed by atoms with E-state index in [1.807, 2.05) is 19.2 Å². The molecule has 0 saturated heterocycles. The zero-order chi connectivity index (χ0) is 20.9. The van der Waals surface area contributed by atoms with Crippen LogP contribution in [0.15, 0.2) is 39.9 Å². The zero-order valence-corrected chi connectivity index (χ0v) is 18.5. The van der Waals surface area contributed by atoms with Crippen LogP contribution in [0.2, 0.25) is 0 Å². The van der Waals surface area contributed by atoms with Crippen LogP contribution in [-0.2, 0) is 4.79 Å².